The van der Waals surface area contributed by atoms with E-state index in [-0.39, 0.29) is 6.04 Å². The van der Waals surface area contributed by atoms with Crippen LogP contribution in [0.15, 0.2) is 27.7 Å². The van der Waals surface area contributed by atoms with Crippen LogP contribution in [0.25, 0.3) is 0 Å². The molecule has 2 N–H and O–H groups in total. The molecule has 9 heteroatoms. The Hall–Kier alpha value is -2.78. The minimum absolute atomic E-state index is 0.139. The Labute approximate surface area is 190 Å². The normalized spacial score (nSPS) is 16.0. The first-order valence-electron chi connectivity index (χ1n) is 11.0. The molecule has 1 saturated heterocycles. The summed E-state index contributed by atoms with van der Waals surface area (Å²) in [6.45, 7) is 8.55. The van der Waals surface area contributed by atoms with Gasteiger partial charge in [-0.05, 0) is 38.0 Å². The summed E-state index contributed by atoms with van der Waals surface area (Å²) in [7, 11) is 5.09. The zero-order valence-corrected chi connectivity index (χ0v) is 19.7. The maximum absolute atomic E-state index is 5.57. The monoisotopic (exact) mass is 445 g/mol. The second kappa shape index (κ2) is 11.7. The number of morpholine rings is 1. The van der Waals surface area contributed by atoms with E-state index in [9.17, 15) is 0 Å². The van der Waals surface area contributed by atoms with Crippen LogP contribution in [0, 0.1) is 13.8 Å². The Morgan fingerprint density at radius 2 is 1.91 bits per heavy atom. The highest BCUT2D eigenvalue weighted by molar-refractivity contribution is 5.79. The van der Waals surface area contributed by atoms with Crippen molar-refractivity contribution in [3.05, 3.63) is 40.8 Å². The first-order chi connectivity index (χ1) is 15.6. The molecule has 1 aliphatic rings. The molecule has 0 bridgehead atoms. The van der Waals surface area contributed by atoms with E-state index in [4.69, 9.17) is 18.7 Å². The number of nitrogens with one attached hydrogen (secondary N) is 2. The predicted octanol–water partition coefficient (Wildman–Crippen LogP) is 2.09. The summed E-state index contributed by atoms with van der Waals surface area (Å²) in [6.07, 6.45) is 0.824. The summed E-state index contributed by atoms with van der Waals surface area (Å²) in [5, 5.41) is 10.9. The lowest BCUT2D eigenvalue weighted by Gasteiger charge is -2.35. The third-order valence-corrected chi connectivity index (χ3v) is 5.81. The molecule has 0 saturated carbocycles. The molecule has 2 heterocycles. The minimum atomic E-state index is 0.139. The molecular weight excluding hydrogens is 410 g/mol. The molecule has 2 aromatic rings. The zero-order chi connectivity index (χ0) is 22.9. The average molecular weight is 446 g/mol. The number of nitrogens with zero attached hydrogens (tertiary/aromatic N) is 3. The van der Waals surface area contributed by atoms with Crippen LogP contribution in [-0.2, 0) is 11.2 Å². The van der Waals surface area contributed by atoms with Crippen LogP contribution in [0.3, 0.4) is 0 Å². The standard InChI is InChI=1S/C23H35N5O4/c1-16-19(17(2)32-27-16)8-9-25-23(24-3)26-15-20(28-10-12-31-13-11-28)18-6-7-21(29-4)22(14-18)30-5/h6-7,14,20H,8-13,15H2,1-5H3,(H2,24,25,26). The number of aryl methyl sites for hydroxylation is 2. The van der Waals surface area contributed by atoms with E-state index in [1.807, 2.05) is 26.0 Å². The first kappa shape index (κ1) is 23.9. The zero-order valence-electron chi connectivity index (χ0n) is 19.7. The van der Waals surface area contributed by atoms with E-state index < -0.39 is 0 Å². The summed E-state index contributed by atoms with van der Waals surface area (Å²) in [5.41, 5.74) is 3.24. The van der Waals surface area contributed by atoms with Gasteiger partial charge in [0.05, 0.1) is 39.2 Å². The molecule has 32 heavy (non-hydrogen) atoms. The fourth-order valence-corrected chi connectivity index (χ4v) is 3.99. The third kappa shape index (κ3) is 5.92. The number of benzene rings is 1. The number of methoxy groups -OCH3 is 2. The molecule has 3 rings (SSSR count). The van der Waals surface area contributed by atoms with Crippen molar-refractivity contribution in [3.63, 3.8) is 0 Å². The largest absolute Gasteiger partial charge is 0.493 e. The number of guanidine groups is 1. The number of aliphatic imine (C=N–C) groups is 1. The second-order valence-electron chi connectivity index (χ2n) is 7.71. The molecule has 1 atom stereocenters. The van der Waals surface area contributed by atoms with Gasteiger partial charge in [0.2, 0.25) is 0 Å². The van der Waals surface area contributed by atoms with Crippen molar-refractivity contribution < 1.29 is 18.7 Å². The molecule has 1 aromatic carbocycles. The van der Waals surface area contributed by atoms with Gasteiger partial charge in [-0.1, -0.05) is 11.2 Å². The topological polar surface area (TPSA) is 93.4 Å². The maximum Gasteiger partial charge on any atom is 0.191 e. The van der Waals surface area contributed by atoms with Crippen LogP contribution in [0.5, 0.6) is 11.5 Å². The molecule has 1 unspecified atom stereocenters. The van der Waals surface area contributed by atoms with E-state index in [1.165, 1.54) is 0 Å². The molecule has 176 valence electrons. The van der Waals surface area contributed by atoms with Gasteiger partial charge >= 0.3 is 0 Å². The van der Waals surface area contributed by atoms with Crippen molar-refractivity contribution in [2.24, 2.45) is 4.99 Å². The Balaban J connectivity index is 1.66. The van der Waals surface area contributed by atoms with Crippen molar-refractivity contribution in [1.82, 2.24) is 20.7 Å². The van der Waals surface area contributed by atoms with Gasteiger partial charge in [-0.3, -0.25) is 9.89 Å². The Morgan fingerprint density at radius 3 is 2.53 bits per heavy atom. The average Bonchev–Trinajstić information content (AvgIpc) is 3.15. The van der Waals surface area contributed by atoms with E-state index >= 15 is 0 Å². The highest BCUT2D eigenvalue weighted by atomic mass is 16.5. The van der Waals surface area contributed by atoms with Gasteiger partial charge < -0.3 is 29.4 Å². The van der Waals surface area contributed by atoms with Gasteiger partial charge in [-0.25, -0.2) is 0 Å². The van der Waals surface area contributed by atoms with E-state index in [1.54, 1.807) is 21.3 Å². The number of aromatic nitrogens is 1. The van der Waals surface area contributed by atoms with Gasteiger partial charge in [0.1, 0.15) is 5.76 Å². The van der Waals surface area contributed by atoms with Crippen molar-refractivity contribution in [3.8, 4) is 11.5 Å². The Kier molecular flexibility index (Phi) is 8.75. The highest BCUT2D eigenvalue weighted by Gasteiger charge is 2.24. The van der Waals surface area contributed by atoms with Gasteiger partial charge in [0, 0.05) is 38.8 Å². The molecule has 1 aliphatic heterocycles. The van der Waals surface area contributed by atoms with Crippen LogP contribution in [0.4, 0.5) is 0 Å². The van der Waals surface area contributed by atoms with Gasteiger partial charge in [0.15, 0.2) is 17.5 Å². The first-order valence-corrected chi connectivity index (χ1v) is 11.0. The molecule has 9 nitrogen and oxygen atoms in total. The minimum Gasteiger partial charge on any atom is -0.493 e. The van der Waals surface area contributed by atoms with Crippen LogP contribution < -0.4 is 20.1 Å². The molecule has 0 radical (unpaired) electrons. The van der Waals surface area contributed by atoms with Crippen LogP contribution in [0.2, 0.25) is 0 Å². The third-order valence-electron chi connectivity index (χ3n) is 5.81. The quantitative estimate of drug-likeness (QED) is 0.448. The molecular formula is C23H35N5O4. The van der Waals surface area contributed by atoms with E-state index in [0.717, 1.165) is 79.3 Å². The van der Waals surface area contributed by atoms with Crippen molar-refractivity contribution in [2.75, 3.05) is 60.7 Å². The lowest BCUT2D eigenvalue weighted by molar-refractivity contribution is 0.0169. The molecule has 1 aromatic heterocycles. The molecule has 0 amide bonds. The maximum atomic E-state index is 5.57. The fourth-order valence-electron chi connectivity index (χ4n) is 3.99. The molecule has 0 aliphatic carbocycles. The number of ether oxygens (including phenoxy) is 3. The van der Waals surface area contributed by atoms with Gasteiger partial charge in [-0.2, -0.15) is 0 Å². The number of hydrogen-bond donors (Lipinski definition) is 2. The Bertz CT molecular complexity index is 873. The summed E-state index contributed by atoms with van der Waals surface area (Å²) < 4.78 is 21.8. The van der Waals surface area contributed by atoms with Crippen molar-refractivity contribution in [2.45, 2.75) is 26.3 Å². The van der Waals surface area contributed by atoms with Crippen molar-refractivity contribution in [1.29, 1.82) is 0 Å². The van der Waals surface area contributed by atoms with Crippen LogP contribution in [-0.4, -0.2) is 76.7 Å². The predicted molar refractivity (Wildman–Crippen MR) is 124 cm³/mol. The summed E-state index contributed by atoms with van der Waals surface area (Å²) in [6, 6.07) is 6.24. The van der Waals surface area contributed by atoms with Crippen LogP contribution in [0.1, 0.15) is 28.6 Å². The highest BCUT2D eigenvalue weighted by Crippen LogP contribution is 2.32. The van der Waals surface area contributed by atoms with Crippen molar-refractivity contribution >= 4 is 5.96 Å². The van der Waals surface area contributed by atoms with Gasteiger partial charge in [-0.15, -0.1) is 0 Å². The fraction of sp³-hybridized carbons (Fsp3) is 0.565. The lowest BCUT2D eigenvalue weighted by atomic mass is 10.0. The smallest absolute Gasteiger partial charge is 0.191 e. The lowest BCUT2D eigenvalue weighted by Crippen LogP contribution is -2.46. The number of hydrogen-bond acceptors (Lipinski definition) is 7. The van der Waals surface area contributed by atoms with E-state index in [2.05, 4.69) is 31.7 Å². The summed E-state index contributed by atoms with van der Waals surface area (Å²) >= 11 is 0. The van der Waals surface area contributed by atoms with E-state index in [0.29, 0.717) is 6.54 Å². The summed E-state index contributed by atoms with van der Waals surface area (Å²) in [4.78, 5) is 6.82. The van der Waals surface area contributed by atoms with Gasteiger partial charge in [0.25, 0.3) is 0 Å². The number of rotatable bonds is 9. The SMILES string of the molecule is CN=C(NCCc1c(C)noc1C)NCC(c1ccc(OC)c(OC)c1)N1CCOCC1. The second-order valence-corrected chi connectivity index (χ2v) is 7.71. The molecule has 0 spiro atoms. The van der Waals surface area contributed by atoms with Crippen LogP contribution >= 0.6 is 0 Å². The molecule has 1 fully saturated rings. The summed E-state index contributed by atoms with van der Waals surface area (Å²) in [5.74, 6) is 3.08. The Morgan fingerprint density at radius 1 is 1.16 bits per heavy atom.